The second kappa shape index (κ2) is 9.05. The number of carbonyl (C=O) groups is 2. The predicted octanol–water partition coefficient (Wildman–Crippen LogP) is 1.34. The summed E-state index contributed by atoms with van der Waals surface area (Å²) in [4.78, 5) is 24.2. The predicted molar refractivity (Wildman–Crippen MR) is 98.6 cm³/mol. The highest BCUT2D eigenvalue weighted by Gasteiger charge is 2.20. The Morgan fingerprint density at radius 2 is 2.00 bits per heavy atom. The van der Waals surface area contributed by atoms with E-state index in [0.29, 0.717) is 11.3 Å². The van der Waals surface area contributed by atoms with E-state index < -0.39 is 6.04 Å². The molecule has 0 spiro atoms. The standard InChI is InChI=1S/C18H27N5O2/c1-12(18(25)23-14-7-3-2-4-8-14)22-16(24)11-21-15-9-5-6-13(10-15)17(19)20/h5-6,9-10,12,14,21H,2-4,7-8,11H2,1H3,(H3,19,20)(H,22,24)(H,23,25). The van der Waals surface area contributed by atoms with Gasteiger partial charge in [0.05, 0.1) is 6.54 Å². The van der Waals surface area contributed by atoms with Crippen LogP contribution >= 0.6 is 0 Å². The van der Waals surface area contributed by atoms with E-state index in [1.807, 2.05) is 0 Å². The van der Waals surface area contributed by atoms with Crippen LogP contribution < -0.4 is 21.7 Å². The topological polar surface area (TPSA) is 120 Å². The summed E-state index contributed by atoms with van der Waals surface area (Å²) in [5.41, 5.74) is 6.73. The van der Waals surface area contributed by atoms with Gasteiger partial charge in [-0.2, -0.15) is 0 Å². The summed E-state index contributed by atoms with van der Waals surface area (Å²) in [7, 11) is 0. The monoisotopic (exact) mass is 345 g/mol. The third-order valence-electron chi connectivity index (χ3n) is 4.35. The van der Waals surface area contributed by atoms with Crippen LogP contribution in [0.25, 0.3) is 0 Å². The lowest BCUT2D eigenvalue weighted by Gasteiger charge is -2.24. The number of carbonyl (C=O) groups excluding carboxylic acids is 2. The van der Waals surface area contributed by atoms with Gasteiger partial charge in [0.2, 0.25) is 11.8 Å². The first-order valence-corrected chi connectivity index (χ1v) is 8.74. The maximum atomic E-state index is 12.2. The van der Waals surface area contributed by atoms with Gasteiger partial charge in [0.25, 0.3) is 0 Å². The van der Waals surface area contributed by atoms with Crippen molar-refractivity contribution in [3.05, 3.63) is 29.8 Å². The molecular formula is C18H27N5O2. The molecule has 1 saturated carbocycles. The first kappa shape index (κ1) is 18.8. The largest absolute Gasteiger partial charge is 0.384 e. The van der Waals surface area contributed by atoms with Crippen molar-refractivity contribution in [1.29, 1.82) is 5.41 Å². The molecule has 0 heterocycles. The second-order valence-corrected chi connectivity index (χ2v) is 6.48. The number of rotatable bonds is 7. The van der Waals surface area contributed by atoms with E-state index in [1.54, 1.807) is 31.2 Å². The third-order valence-corrected chi connectivity index (χ3v) is 4.35. The Balaban J connectivity index is 1.76. The summed E-state index contributed by atoms with van der Waals surface area (Å²) in [6, 6.07) is 6.64. The molecule has 0 saturated heterocycles. The minimum atomic E-state index is -0.570. The summed E-state index contributed by atoms with van der Waals surface area (Å²) < 4.78 is 0. The third kappa shape index (κ3) is 6.10. The number of anilines is 1. The molecule has 0 radical (unpaired) electrons. The van der Waals surface area contributed by atoms with Crippen molar-refractivity contribution in [3.8, 4) is 0 Å². The Morgan fingerprint density at radius 1 is 1.28 bits per heavy atom. The van der Waals surface area contributed by atoms with E-state index in [4.69, 9.17) is 11.1 Å². The summed E-state index contributed by atoms with van der Waals surface area (Å²) in [5, 5.41) is 16.1. The molecule has 1 atom stereocenters. The van der Waals surface area contributed by atoms with Crippen LogP contribution in [0.15, 0.2) is 24.3 Å². The number of hydrogen-bond donors (Lipinski definition) is 5. The van der Waals surface area contributed by atoms with Crippen LogP contribution in [-0.2, 0) is 9.59 Å². The normalized spacial score (nSPS) is 15.9. The first-order chi connectivity index (χ1) is 12.0. The fraction of sp³-hybridized carbons (Fsp3) is 0.500. The molecule has 7 heteroatoms. The van der Waals surface area contributed by atoms with Crippen molar-refractivity contribution in [2.45, 2.75) is 51.1 Å². The highest BCUT2D eigenvalue weighted by Crippen LogP contribution is 2.17. The van der Waals surface area contributed by atoms with Crippen LogP contribution in [0.2, 0.25) is 0 Å². The van der Waals surface area contributed by atoms with Crippen LogP contribution in [0.4, 0.5) is 5.69 Å². The minimum absolute atomic E-state index is 0.0268. The molecule has 0 aromatic heterocycles. The number of nitrogens with one attached hydrogen (secondary N) is 4. The lowest BCUT2D eigenvalue weighted by Crippen LogP contribution is -2.49. The van der Waals surface area contributed by atoms with Crippen LogP contribution in [0.3, 0.4) is 0 Å². The van der Waals surface area contributed by atoms with Gasteiger partial charge in [-0.15, -0.1) is 0 Å². The highest BCUT2D eigenvalue weighted by molar-refractivity contribution is 5.96. The van der Waals surface area contributed by atoms with Gasteiger partial charge in [-0.1, -0.05) is 31.4 Å². The summed E-state index contributed by atoms with van der Waals surface area (Å²) >= 11 is 0. The summed E-state index contributed by atoms with van der Waals surface area (Å²) in [5.74, 6) is -0.431. The lowest BCUT2D eigenvalue weighted by atomic mass is 9.95. The maximum Gasteiger partial charge on any atom is 0.242 e. The molecule has 2 amide bonds. The van der Waals surface area contributed by atoms with E-state index in [-0.39, 0.29) is 30.2 Å². The molecular weight excluding hydrogens is 318 g/mol. The first-order valence-electron chi connectivity index (χ1n) is 8.74. The smallest absolute Gasteiger partial charge is 0.242 e. The van der Waals surface area contributed by atoms with Crippen LogP contribution in [0.1, 0.15) is 44.6 Å². The van der Waals surface area contributed by atoms with E-state index in [1.165, 1.54) is 6.42 Å². The zero-order valence-electron chi connectivity index (χ0n) is 14.6. The Hall–Kier alpha value is -2.57. The average Bonchev–Trinajstić information content (AvgIpc) is 2.61. The number of amidine groups is 1. The van der Waals surface area contributed by atoms with Gasteiger partial charge in [-0.25, -0.2) is 0 Å². The molecule has 0 aliphatic heterocycles. The van der Waals surface area contributed by atoms with Gasteiger partial charge in [-0.3, -0.25) is 15.0 Å². The van der Waals surface area contributed by atoms with Crippen molar-refractivity contribution >= 4 is 23.3 Å². The molecule has 1 aliphatic rings. The number of amides is 2. The summed E-state index contributed by atoms with van der Waals surface area (Å²) in [6.45, 7) is 1.73. The van der Waals surface area contributed by atoms with Crippen molar-refractivity contribution in [1.82, 2.24) is 10.6 Å². The Kier molecular flexibility index (Phi) is 6.80. The molecule has 1 unspecified atom stereocenters. The quantitative estimate of drug-likeness (QED) is 0.378. The van der Waals surface area contributed by atoms with Crippen molar-refractivity contribution < 1.29 is 9.59 Å². The van der Waals surface area contributed by atoms with Gasteiger partial charge < -0.3 is 21.7 Å². The zero-order chi connectivity index (χ0) is 18.2. The highest BCUT2D eigenvalue weighted by atomic mass is 16.2. The molecule has 7 nitrogen and oxygen atoms in total. The van der Waals surface area contributed by atoms with E-state index in [9.17, 15) is 9.59 Å². The molecule has 1 aromatic carbocycles. The van der Waals surface area contributed by atoms with Crippen molar-refractivity contribution in [2.24, 2.45) is 5.73 Å². The molecule has 1 aliphatic carbocycles. The van der Waals surface area contributed by atoms with Crippen molar-refractivity contribution in [2.75, 3.05) is 11.9 Å². The van der Waals surface area contributed by atoms with Gasteiger partial charge >= 0.3 is 0 Å². The van der Waals surface area contributed by atoms with Gasteiger partial charge in [0, 0.05) is 17.3 Å². The number of nitrogen functional groups attached to an aromatic ring is 1. The SMILES string of the molecule is CC(NC(=O)CNc1cccc(C(=N)N)c1)C(=O)NC1CCCCC1. The molecule has 25 heavy (non-hydrogen) atoms. The molecule has 0 bridgehead atoms. The number of benzene rings is 1. The van der Waals surface area contributed by atoms with Gasteiger partial charge in [-0.05, 0) is 31.9 Å². The summed E-state index contributed by atoms with van der Waals surface area (Å²) in [6.07, 6.45) is 5.56. The van der Waals surface area contributed by atoms with E-state index in [2.05, 4.69) is 16.0 Å². The number of hydrogen-bond acceptors (Lipinski definition) is 4. The second-order valence-electron chi connectivity index (χ2n) is 6.48. The Labute approximate surface area is 148 Å². The Morgan fingerprint density at radius 3 is 2.68 bits per heavy atom. The molecule has 6 N–H and O–H groups in total. The molecule has 2 rings (SSSR count). The molecule has 1 aromatic rings. The Bertz CT molecular complexity index is 626. The van der Waals surface area contributed by atoms with E-state index in [0.717, 1.165) is 25.7 Å². The number of nitrogens with two attached hydrogens (primary N) is 1. The maximum absolute atomic E-state index is 12.2. The van der Waals surface area contributed by atoms with Crippen LogP contribution in [0, 0.1) is 5.41 Å². The van der Waals surface area contributed by atoms with Gasteiger partial charge in [0.15, 0.2) is 0 Å². The average molecular weight is 345 g/mol. The fourth-order valence-electron chi connectivity index (χ4n) is 2.91. The van der Waals surface area contributed by atoms with Crippen molar-refractivity contribution in [3.63, 3.8) is 0 Å². The lowest BCUT2D eigenvalue weighted by molar-refractivity contribution is -0.128. The van der Waals surface area contributed by atoms with Gasteiger partial charge in [0.1, 0.15) is 11.9 Å². The fourth-order valence-corrected chi connectivity index (χ4v) is 2.91. The van der Waals surface area contributed by atoms with E-state index >= 15 is 0 Å². The molecule has 1 fully saturated rings. The van der Waals surface area contributed by atoms with Crippen LogP contribution in [0.5, 0.6) is 0 Å². The zero-order valence-corrected chi connectivity index (χ0v) is 14.6. The molecule has 136 valence electrons. The van der Waals surface area contributed by atoms with Crippen LogP contribution in [-0.4, -0.2) is 36.3 Å². The minimum Gasteiger partial charge on any atom is -0.384 e.